The molecule has 2 saturated heterocycles. The summed E-state index contributed by atoms with van der Waals surface area (Å²) in [5.74, 6) is -2.45. The van der Waals surface area contributed by atoms with Crippen LogP contribution in [0.4, 0.5) is 10.5 Å². The number of benzene rings is 1. The van der Waals surface area contributed by atoms with Gasteiger partial charge in [-0.25, -0.2) is 4.79 Å². The monoisotopic (exact) mass is 957 g/mol. The maximum Gasteiger partial charge on any atom is 0.408 e. The Labute approximate surface area is 405 Å². The van der Waals surface area contributed by atoms with Gasteiger partial charge in [0.1, 0.15) is 23.7 Å². The Morgan fingerprint density at radius 3 is 2.06 bits per heavy atom. The van der Waals surface area contributed by atoms with Crippen LogP contribution < -0.4 is 21.3 Å². The first-order valence-electron chi connectivity index (χ1n) is 24.4. The van der Waals surface area contributed by atoms with Gasteiger partial charge in [-0.15, -0.1) is 0 Å². The molecule has 2 aliphatic heterocycles. The van der Waals surface area contributed by atoms with Crippen molar-refractivity contribution in [1.29, 1.82) is 0 Å². The molecule has 3 rings (SSSR count). The smallest absolute Gasteiger partial charge is 0.408 e. The van der Waals surface area contributed by atoms with E-state index in [4.69, 9.17) is 14.2 Å². The fourth-order valence-electron chi connectivity index (χ4n) is 9.28. The van der Waals surface area contributed by atoms with Crippen LogP contribution in [0.1, 0.15) is 113 Å². The molecule has 0 spiro atoms. The molecule has 0 saturated carbocycles. The molecule has 0 aliphatic carbocycles. The van der Waals surface area contributed by atoms with Crippen LogP contribution in [-0.4, -0.2) is 170 Å². The summed E-state index contributed by atoms with van der Waals surface area (Å²) >= 11 is 0. The number of methoxy groups -OCH3 is 2. The van der Waals surface area contributed by atoms with Crippen LogP contribution in [-0.2, 0) is 49.4 Å². The van der Waals surface area contributed by atoms with Crippen LogP contribution in [0.25, 0.3) is 0 Å². The van der Waals surface area contributed by atoms with E-state index in [1.165, 1.54) is 6.92 Å². The van der Waals surface area contributed by atoms with Gasteiger partial charge in [0.05, 0.1) is 42.7 Å². The number of likely N-dealkylation sites (N-methyl/N-ethyl adjacent to an activating group) is 3. The van der Waals surface area contributed by atoms with Gasteiger partial charge < -0.3 is 50.2 Å². The minimum absolute atomic E-state index is 0.0173. The Morgan fingerprint density at radius 2 is 1.49 bits per heavy atom. The molecule has 0 radical (unpaired) electrons. The minimum Gasteiger partial charge on any atom is -0.444 e. The third-order valence-electron chi connectivity index (χ3n) is 13.5. The van der Waals surface area contributed by atoms with Crippen LogP contribution in [0.15, 0.2) is 24.3 Å². The van der Waals surface area contributed by atoms with Gasteiger partial charge in [0, 0.05) is 47.1 Å². The second-order valence-corrected chi connectivity index (χ2v) is 20.3. The summed E-state index contributed by atoms with van der Waals surface area (Å²) in [4.78, 5) is 101. The normalized spacial score (nSPS) is 20.0. The summed E-state index contributed by atoms with van der Waals surface area (Å²) in [6.45, 7) is 19.6. The van der Waals surface area contributed by atoms with Gasteiger partial charge in [0.25, 0.3) is 0 Å². The van der Waals surface area contributed by atoms with Gasteiger partial charge in [-0.2, -0.15) is 0 Å². The average Bonchev–Trinajstić information content (AvgIpc) is 3.95. The zero-order valence-electron chi connectivity index (χ0n) is 43.6. The van der Waals surface area contributed by atoms with Crippen molar-refractivity contribution < 1.29 is 47.8 Å². The van der Waals surface area contributed by atoms with Gasteiger partial charge in [-0.3, -0.25) is 33.7 Å². The van der Waals surface area contributed by atoms with Crippen LogP contribution in [0.3, 0.4) is 0 Å². The molecule has 1 aromatic rings. The number of amides is 7. The first kappa shape index (κ1) is 57.5. The standard InChI is InChI=1S/C50H84N8O10/c1-16-31(4)42(57(13)48(64)41(30(2)3)54-46(62)38-23-18-25-55(38)11)39(66-14)29-40(59)58-26-19-22-37(58)43(67-15)32(5)47(63)56(12)27-24-35-20-17-21-36(28-35)53-45(61)33(6)51-44(60)34(7)52-49(65)68-50(8,9)10/h17,20-21,28,30-34,37-39,41-43H,16,18-19,22-27,29H2,1-15H3,(H,51,60)(H,52,65)(H,53,61)(H,54,62)/t31-,32+,33-,34-,37?,38?,39+,41-,42-,43+/m0/s1. The summed E-state index contributed by atoms with van der Waals surface area (Å²) in [6.07, 6.45) is 2.35. The van der Waals surface area contributed by atoms with Crippen molar-refractivity contribution in [2.45, 2.75) is 168 Å². The molecule has 4 N–H and O–H groups in total. The molecule has 2 unspecified atom stereocenters. The highest BCUT2D eigenvalue weighted by molar-refractivity contribution is 5.98. The van der Waals surface area contributed by atoms with E-state index in [0.717, 1.165) is 37.8 Å². The summed E-state index contributed by atoms with van der Waals surface area (Å²) in [5.41, 5.74) is 0.656. The van der Waals surface area contributed by atoms with Gasteiger partial charge in [0.2, 0.25) is 35.4 Å². The third kappa shape index (κ3) is 16.1. The van der Waals surface area contributed by atoms with Crippen molar-refractivity contribution in [1.82, 2.24) is 35.6 Å². The molecule has 0 bridgehead atoms. The second kappa shape index (κ2) is 26.2. The van der Waals surface area contributed by atoms with E-state index < -0.39 is 65.8 Å². The highest BCUT2D eigenvalue weighted by Crippen LogP contribution is 2.30. The minimum atomic E-state index is -0.937. The van der Waals surface area contributed by atoms with E-state index in [2.05, 4.69) is 21.3 Å². The zero-order chi connectivity index (χ0) is 51.2. The van der Waals surface area contributed by atoms with Gasteiger partial charge in [0.15, 0.2) is 0 Å². The zero-order valence-corrected chi connectivity index (χ0v) is 43.6. The highest BCUT2D eigenvalue weighted by atomic mass is 16.6. The van der Waals surface area contributed by atoms with Gasteiger partial charge in [-0.1, -0.05) is 53.2 Å². The van der Waals surface area contributed by atoms with E-state index in [9.17, 15) is 33.6 Å². The molecule has 68 heavy (non-hydrogen) atoms. The Balaban J connectivity index is 1.63. The Morgan fingerprint density at radius 1 is 0.838 bits per heavy atom. The van der Waals surface area contributed by atoms with Crippen molar-refractivity contribution in [3.63, 3.8) is 0 Å². The largest absolute Gasteiger partial charge is 0.444 e. The Bertz CT molecular complexity index is 1870. The average molecular weight is 957 g/mol. The Kier molecular flexibility index (Phi) is 22.2. The molecule has 10 atom stereocenters. The van der Waals surface area contributed by atoms with E-state index in [0.29, 0.717) is 31.6 Å². The molecule has 2 heterocycles. The molecule has 0 aromatic heterocycles. The number of nitrogens with one attached hydrogen (secondary N) is 4. The number of carbonyl (C=O) groups excluding carboxylic acids is 7. The maximum absolute atomic E-state index is 14.4. The highest BCUT2D eigenvalue weighted by Gasteiger charge is 2.43. The second-order valence-electron chi connectivity index (χ2n) is 20.3. The van der Waals surface area contributed by atoms with E-state index in [-0.39, 0.29) is 54.0 Å². The quantitative estimate of drug-likeness (QED) is 0.122. The summed E-state index contributed by atoms with van der Waals surface area (Å²) in [7, 11) is 8.52. The van der Waals surface area contributed by atoms with Crippen LogP contribution in [0, 0.1) is 17.8 Å². The first-order valence-corrected chi connectivity index (χ1v) is 24.4. The number of ether oxygens (including phenoxy) is 3. The van der Waals surface area contributed by atoms with E-state index >= 15 is 0 Å². The number of hydrogen-bond acceptors (Lipinski definition) is 11. The molecule has 7 amide bonds. The number of anilines is 1. The maximum atomic E-state index is 14.4. The number of likely N-dealkylation sites (tertiary alicyclic amines) is 2. The molecule has 384 valence electrons. The van der Waals surface area contributed by atoms with Crippen molar-refractivity contribution in [3.05, 3.63) is 29.8 Å². The molecule has 2 fully saturated rings. The summed E-state index contributed by atoms with van der Waals surface area (Å²) in [5, 5.41) is 10.9. The van der Waals surface area contributed by atoms with E-state index in [1.54, 1.807) is 77.9 Å². The van der Waals surface area contributed by atoms with Crippen molar-refractivity contribution in [2.24, 2.45) is 17.8 Å². The molecular formula is C50H84N8O10. The SMILES string of the molecule is CC[C@H](C)[C@@H]([C@@H](CC(=O)N1CCCC1[C@H](OC)[C@@H](C)C(=O)N(C)CCc1cccc(NC(=O)[C@H](C)NC(=O)[C@H](C)NC(=O)OC(C)(C)C)c1)OC)N(C)C(=O)[C@@H](NC(=O)C1CCCN1C)C(C)C. The summed E-state index contributed by atoms with van der Waals surface area (Å²) < 4.78 is 17.3. The van der Waals surface area contributed by atoms with E-state index in [1.807, 2.05) is 63.6 Å². The molecule has 1 aromatic carbocycles. The van der Waals surface area contributed by atoms with Crippen LogP contribution in [0.2, 0.25) is 0 Å². The predicted molar refractivity (Wildman–Crippen MR) is 261 cm³/mol. The number of hydrogen-bond donors (Lipinski definition) is 4. The Hall–Kier alpha value is -4.81. The van der Waals surface area contributed by atoms with Gasteiger partial charge in [-0.05, 0) is 110 Å². The first-order chi connectivity index (χ1) is 31.8. The number of carbonyl (C=O) groups is 7. The molecular weight excluding hydrogens is 873 g/mol. The number of alkyl carbamates (subject to hydrolysis) is 1. The third-order valence-corrected chi connectivity index (χ3v) is 13.5. The molecule has 18 nitrogen and oxygen atoms in total. The lowest BCUT2D eigenvalue weighted by Crippen LogP contribution is -2.59. The predicted octanol–water partition coefficient (Wildman–Crippen LogP) is 4.20. The molecule has 18 heteroatoms. The lowest BCUT2D eigenvalue weighted by atomic mass is 9.89. The van der Waals surface area contributed by atoms with Gasteiger partial charge >= 0.3 is 6.09 Å². The van der Waals surface area contributed by atoms with Crippen molar-refractivity contribution >= 4 is 47.2 Å². The van der Waals surface area contributed by atoms with Crippen molar-refractivity contribution in [2.75, 3.05) is 60.3 Å². The molecule has 2 aliphatic rings. The topological polar surface area (TPSA) is 208 Å². The van der Waals surface area contributed by atoms with Crippen LogP contribution in [0.5, 0.6) is 0 Å². The fraction of sp³-hybridized carbons (Fsp3) is 0.740. The number of nitrogens with zero attached hydrogens (tertiary/aromatic N) is 4. The fourth-order valence-corrected chi connectivity index (χ4v) is 9.28. The van der Waals surface area contributed by atoms with Crippen LogP contribution >= 0.6 is 0 Å². The number of rotatable bonds is 23. The van der Waals surface area contributed by atoms with Crippen molar-refractivity contribution in [3.8, 4) is 0 Å². The summed E-state index contributed by atoms with van der Waals surface area (Å²) in [6, 6.07) is 3.56. The lowest BCUT2D eigenvalue weighted by molar-refractivity contribution is -0.149. The lowest BCUT2D eigenvalue weighted by Gasteiger charge is -2.41.